The van der Waals surface area contributed by atoms with E-state index in [-0.39, 0.29) is 17.4 Å². The number of phenolic OH excluding ortho intramolecular Hbond substituents is 1. The predicted molar refractivity (Wildman–Crippen MR) is 70.5 cm³/mol. The van der Waals surface area contributed by atoms with Crippen LogP contribution < -0.4 is 10.3 Å². The number of hydrogen-bond donors (Lipinski definition) is 2. The molecule has 1 aromatic heterocycles. The summed E-state index contributed by atoms with van der Waals surface area (Å²) in [6.07, 6.45) is 2.82. The van der Waals surface area contributed by atoms with Crippen LogP contribution >= 0.6 is 0 Å². The fourth-order valence-corrected chi connectivity index (χ4v) is 1.80. The minimum Gasteiger partial charge on any atom is -0.504 e. The summed E-state index contributed by atoms with van der Waals surface area (Å²) < 4.78 is 5.34. The van der Waals surface area contributed by atoms with Crippen molar-refractivity contribution in [1.82, 2.24) is 9.97 Å². The molecule has 0 aliphatic heterocycles. The van der Waals surface area contributed by atoms with Crippen LogP contribution in [0.15, 0.2) is 53.6 Å². The van der Waals surface area contributed by atoms with Gasteiger partial charge in [0.05, 0.1) is 0 Å². The lowest BCUT2D eigenvalue weighted by molar-refractivity contribution is 0.400. The number of aromatic nitrogens is 2. The highest BCUT2D eigenvalue weighted by atomic mass is 16.5. The molecule has 1 heterocycles. The highest BCUT2D eigenvalue weighted by Crippen LogP contribution is 2.33. The second-order valence-corrected chi connectivity index (χ2v) is 3.99. The smallest absolute Gasteiger partial charge is 0.311 e. The third-order valence-corrected chi connectivity index (χ3v) is 2.71. The molecule has 5 heteroatoms. The number of nitrogens with zero attached hydrogens (tertiary/aromatic N) is 1. The highest BCUT2D eigenvalue weighted by molar-refractivity contribution is 5.85. The zero-order chi connectivity index (χ0) is 13.2. The zero-order valence-corrected chi connectivity index (χ0v) is 9.83. The molecule has 2 aromatic carbocycles. The summed E-state index contributed by atoms with van der Waals surface area (Å²) in [5.74, 6) is 0.0553. The quantitative estimate of drug-likeness (QED) is 0.736. The molecule has 0 aliphatic rings. The van der Waals surface area contributed by atoms with Gasteiger partial charge in [-0.25, -0.2) is 4.98 Å². The van der Waals surface area contributed by atoms with Crippen LogP contribution in [0.1, 0.15) is 0 Å². The van der Waals surface area contributed by atoms with Gasteiger partial charge < -0.3 is 14.8 Å². The Morgan fingerprint density at radius 1 is 1.16 bits per heavy atom. The molecular formula is C14H10N2O3. The largest absolute Gasteiger partial charge is 0.504 e. The monoisotopic (exact) mass is 254 g/mol. The molecule has 19 heavy (non-hydrogen) atoms. The number of benzene rings is 2. The second-order valence-electron chi connectivity index (χ2n) is 3.99. The van der Waals surface area contributed by atoms with E-state index in [0.29, 0.717) is 0 Å². The number of aromatic amines is 1. The maximum atomic E-state index is 11.5. The Hall–Kier alpha value is -2.82. The molecule has 0 saturated carbocycles. The van der Waals surface area contributed by atoms with Gasteiger partial charge in [0.1, 0.15) is 0 Å². The van der Waals surface area contributed by atoms with Crippen LogP contribution in [0, 0.1) is 0 Å². The first-order chi connectivity index (χ1) is 9.24. The van der Waals surface area contributed by atoms with E-state index in [2.05, 4.69) is 9.97 Å². The molecule has 0 fully saturated rings. The first-order valence-corrected chi connectivity index (χ1v) is 5.67. The van der Waals surface area contributed by atoms with Crippen LogP contribution in [0.5, 0.6) is 17.4 Å². The molecule has 0 amide bonds. The van der Waals surface area contributed by atoms with Gasteiger partial charge in [0.25, 0.3) is 5.88 Å². The summed E-state index contributed by atoms with van der Waals surface area (Å²) in [5.41, 5.74) is -0.449. The summed E-state index contributed by atoms with van der Waals surface area (Å²) in [6.45, 7) is 0. The molecule has 0 atom stereocenters. The van der Waals surface area contributed by atoms with Crippen molar-refractivity contribution in [1.29, 1.82) is 0 Å². The third kappa shape index (κ3) is 2.13. The summed E-state index contributed by atoms with van der Waals surface area (Å²) in [5, 5.41) is 11.7. The molecule has 0 aliphatic carbocycles. The normalized spacial score (nSPS) is 10.5. The molecule has 3 aromatic rings. The molecule has 0 saturated heterocycles. The summed E-state index contributed by atoms with van der Waals surface area (Å²) in [7, 11) is 0. The fourth-order valence-electron chi connectivity index (χ4n) is 1.80. The number of H-pyrrole nitrogens is 1. The number of hydrogen-bond acceptors (Lipinski definition) is 4. The van der Waals surface area contributed by atoms with Crippen LogP contribution in [0.2, 0.25) is 0 Å². The Kier molecular flexibility index (Phi) is 2.64. The van der Waals surface area contributed by atoms with Gasteiger partial charge in [0.2, 0.25) is 0 Å². The van der Waals surface area contributed by atoms with Crippen molar-refractivity contribution in [3.63, 3.8) is 0 Å². The fraction of sp³-hybridized carbons (Fsp3) is 0. The predicted octanol–water partition coefficient (Wildman–Crippen LogP) is 2.42. The van der Waals surface area contributed by atoms with Crippen molar-refractivity contribution in [2.75, 3.05) is 0 Å². The summed E-state index contributed by atoms with van der Waals surface area (Å²) in [6, 6.07) is 10.8. The maximum Gasteiger partial charge on any atom is 0.311 e. The van der Waals surface area contributed by atoms with Crippen LogP contribution in [0.3, 0.4) is 0 Å². The van der Waals surface area contributed by atoms with Gasteiger partial charge >= 0.3 is 5.56 Å². The standard InChI is InChI=1S/C14H10N2O3/c17-11-7-9-3-1-2-4-10(9)8-12(11)19-14-13(18)15-5-6-16-14/h1-8,17H,(H,15,18). The lowest BCUT2D eigenvalue weighted by atomic mass is 10.1. The third-order valence-electron chi connectivity index (χ3n) is 2.71. The zero-order valence-electron chi connectivity index (χ0n) is 9.83. The Morgan fingerprint density at radius 2 is 1.89 bits per heavy atom. The van der Waals surface area contributed by atoms with Crippen LogP contribution in [-0.2, 0) is 0 Å². The average Bonchev–Trinajstić information content (AvgIpc) is 2.42. The Labute approximate surface area is 108 Å². The van der Waals surface area contributed by atoms with Crippen molar-refractivity contribution in [2.45, 2.75) is 0 Å². The van der Waals surface area contributed by atoms with E-state index in [1.54, 1.807) is 12.1 Å². The van der Waals surface area contributed by atoms with Crippen LogP contribution in [0.25, 0.3) is 10.8 Å². The number of phenols is 1. The molecule has 94 valence electrons. The van der Waals surface area contributed by atoms with E-state index in [0.717, 1.165) is 10.8 Å². The number of nitrogens with one attached hydrogen (secondary N) is 1. The lowest BCUT2D eigenvalue weighted by Gasteiger charge is -2.07. The molecule has 0 unspecified atom stereocenters. The van der Waals surface area contributed by atoms with Gasteiger partial charge in [0, 0.05) is 12.4 Å². The van der Waals surface area contributed by atoms with E-state index in [1.807, 2.05) is 24.3 Å². The highest BCUT2D eigenvalue weighted by Gasteiger charge is 2.09. The number of ether oxygens (including phenoxy) is 1. The van der Waals surface area contributed by atoms with Crippen molar-refractivity contribution in [2.24, 2.45) is 0 Å². The number of aromatic hydroxyl groups is 1. The molecule has 0 spiro atoms. The van der Waals surface area contributed by atoms with Crippen molar-refractivity contribution in [3.8, 4) is 17.4 Å². The molecule has 5 nitrogen and oxygen atoms in total. The SMILES string of the molecule is O=c1[nH]ccnc1Oc1cc2ccccc2cc1O. The molecule has 0 radical (unpaired) electrons. The van der Waals surface area contributed by atoms with Crippen molar-refractivity contribution in [3.05, 3.63) is 59.1 Å². The van der Waals surface area contributed by atoms with Gasteiger partial charge in [-0.1, -0.05) is 24.3 Å². The number of rotatable bonds is 2. The topological polar surface area (TPSA) is 75.2 Å². The van der Waals surface area contributed by atoms with E-state index in [9.17, 15) is 9.90 Å². The van der Waals surface area contributed by atoms with Crippen molar-refractivity contribution >= 4 is 10.8 Å². The summed E-state index contributed by atoms with van der Waals surface area (Å²) in [4.78, 5) is 17.7. The van der Waals surface area contributed by atoms with Gasteiger partial charge in [0.15, 0.2) is 11.5 Å². The first-order valence-electron chi connectivity index (χ1n) is 5.67. The van der Waals surface area contributed by atoms with Crippen LogP contribution in [-0.4, -0.2) is 15.1 Å². The van der Waals surface area contributed by atoms with E-state index in [4.69, 9.17) is 4.74 Å². The maximum absolute atomic E-state index is 11.5. The molecule has 2 N–H and O–H groups in total. The number of fused-ring (bicyclic) bond motifs is 1. The molecule has 3 rings (SSSR count). The lowest BCUT2D eigenvalue weighted by Crippen LogP contribution is -2.09. The van der Waals surface area contributed by atoms with Crippen molar-refractivity contribution < 1.29 is 9.84 Å². The average molecular weight is 254 g/mol. The Bertz CT molecular complexity index is 796. The van der Waals surface area contributed by atoms with Gasteiger partial charge in [-0.05, 0) is 22.9 Å². The van der Waals surface area contributed by atoms with Gasteiger partial charge in [-0.2, -0.15) is 0 Å². The molecular weight excluding hydrogens is 244 g/mol. The second kappa shape index (κ2) is 4.45. The van der Waals surface area contributed by atoms with Gasteiger partial charge in [-0.15, -0.1) is 0 Å². The van der Waals surface area contributed by atoms with E-state index in [1.165, 1.54) is 12.4 Å². The first kappa shape index (κ1) is 11.3. The molecule has 0 bridgehead atoms. The minimum atomic E-state index is -0.449. The van der Waals surface area contributed by atoms with E-state index >= 15 is 0 Å². The van der Waals surface area contributed by atoms with Crippen LogP contribution in [0.4, 0.5) is 0 Å². The minimum absolute atomic E-state index is 0.0382. The van der Waals surface area contributed by atoms with Gasteiger partial charge in [-0.3, -0.25) is 4.79 Å². The Balaban J connectivity index is 2.08. The summed E-state index contributed by atoms with van der Waals surface area (Å²) >= 11 is 0. The van der Waals surface area contributed by atoms with E-state index < -0.39 is 5.56 Å². The Morgan fingerprint density at radius 3 is 2.63 bits per heavy atom.